The molecule has 0 unspecified atom stereocenters. The van der Waals surface area contributed by atoms with Gasteiger partial charge in [0.1, 0.15) is 0 Å². The van der Waals surface area contributed by atoms with E-state index in [4.69, 9.17) is 11.6 Å². The SMILES string of the molecule is Cc1ccc(S(=O)(=O)n2cc(I)c3c(C=O)c(Cl)cnc32)cc1. The Morgan fingerprint density at radius 2 is 1.91 bits per heavy atom. The highest BCUT2D eigenvalue weighted by atomic mass is 127. The minimum atomic E-state index is -3.81. The maximum Gasteiger partial charge on any atom is 0.269 e. The van der Waals surface area contributed by atoms with Gasteiger partial charge < -0.3 is 0 Å². The average Bonchev–Trinajstić information content (AvgIpc) is 2.86. The van der Waals surface area contributed by atoms with Crippen LogP contribution >= 0.6 is 34.2 Å². The van der Waals surface area contributed by atoms with E-state index in [1.54, 1.807) is 24.3 Å². The van der Waals surface area contributed by atoms with Crippen molar-refractivity contribution in [1.82, 2.24) is 8.96 Å². The quantitative estimate of drug-likeness (QED) is 0.442. The molecular weight excluding hydrogens is 451 g/mol. The van der Waals surface area contributed by atoms with Crippen LogP contribution in [0.15, 0.2) is 41.6 Å². The molecular formula is C15H10ClIN2O3S. The highest BCUT2D eigenvalue weighted by Crippen LogP contribution is 2.31. The van der Waals surface area contributed by atoms with Crippen molar-refractivity contribution >= 4 is 61.5 Å². The molecule has 0 bridgehead atoms. The predicted octanol–water partition coefficient (Wildman–Crippen LogP) is 3.65. The van der Waals surface area contributed by atoms with E-state index < -0.39 is 10.0 Å². The molecule has 0 fully saturated rings. The second-order valence-electron chi connectivity index (χ2n) is 4.93. The molecule has 8 heteroatoms. The van der Waals surface area contributed by atoms with Crippen molar-refractivity contribution in [1.29, 1.82) is 0 Å². The summed E-state index contributed by atoms with van der Waals surface area (Å²) >= 11 is 7.94. The molecule has 1 aromatic carbocycles. The first-order chi connectivity index (χ1) is 10.9. The number of benzene rings is 1. The number of halogens is 2. The van der Waals surface area contributed by atoms with Crippen molar-refractivity contribution < 1.29 is 13.2 Å². The smallest absolute Gasteiger partial charge is 0.269 e. The first-order valence-electron chi connectivity index (χ1n) is 6.48. The monoisotopic (exact) mass is 460 g/mol. The summed E-state index contributed by atoms with van der Waals surface area (Å²) in [5, 5.41) is 0.625. The third-order valence-corrected chi connectivity index (χ3v) is 6.21. The van der Waals surface area contributed by atoms with Gasteiger partial charge in [-0.15, -0.1) is 0 Å². The molecule has 0 saturated carbocycles. The number of nitrogens with zero attached hydrogens (tertiary/aromatic N) is 2. The lowest BCUT2D eigenvalue weighted by atomic mass is 10.2. The zero-order valence-corrected chi connectivity index (χ0v) is 15.6. The highest BCUT2D eigenvalue weighted by Gasteiger charge is 2.23. The molecule has 0 N–H and O–H groups in total. The van der Waals surface area contributed by atoms with E-state index in [2.05, 4.69) is 4.98 Å². The van der Waals surface area contributed by atoms with Gasteiger partial charge in [-0.3, -0.25) is 4.79 Å². The lowest BCUT2D eigenvalue weighted by Crippen LogP contribution is -2.12. The highest BCUT2D eigenvalue weighted by molar-refractivity contribution is 14.1. The van der Waals surface area contributed by atoms with Gasteiger partial charge in [0.15, 0.2) is 11.9 Å². The number of pyridine rings is 1. The van der Waals surface area contributed by atoms with E-state index in [1.165, 1.54) is 12.4 Å². The predicted molar refractivity (Wildman–Crippen MR) is 96.6 cm³/mol. The van der Waals surface area contributed by atoms with Crippen LogP contribution in [0, 0.1) is 10.5 Å². The first-order valence-corrected chi connectivity index (χ1v) is 9.38. The molecule has 0 aliphatic rings. The Kier molecular flexibility index (Phi) is 4.19. The number of aldehydes is 1. The molecule has 2 aromatic heterocycles. The van der Waals surface area contributed by atoms with Crippen LogP contribution in [0.25, 0.3) is 11.0 Å². The molecule has 5 nitrogen and oxygen atoms in total. The minimum absolute atomic E-state index is 0.154. The van der Waals surface area contributed by atoms with Gasteiger partial charge in [0.05, 0.1) is 9.92 Å². The number of hydrogen-bond donors (Lipinski definition) is 0. The normalized spacial score (nSPS) is 11.8. The molecule has 3 rings (SSSR count). The van der Waals surface area contributed by atoms with E-state index in [0.717, 1.165) is 9.54 Å². The van der Waals surface area contributed by atoms with Crippen molar-refractivity contribution in [2.24, 2.45) is 0 Å². The van der Waals surface area contributed by atoms with Gasteiger partial charge in [-0.25, -0.2) is 17.4 Å². The molecule has 0 aliphatic carbocycles. The number of aromatic nitrogens is 2. The largest absolute Gasteiger partial charge is 0.298 e. The summed E-state index contributed by atoms with van der Waals surface area (Å²) in [6, 6.07) is 6.54. The van der Waals surface area contributed by atoms with E-state index in [1.807, 2.05) is 29.5 Å². The third kappa shape index (κ3) is 2.66. The molecule has 0 spiro atoms. The fourth-order valence-electron chi connectivity index (χ4n) is 2.25. The van der Waals surface area contributed by atoms with Crippen LogP contribution in [0.3, 0.4) is 0 Å². The van der Waals surface area contributed by atoms with Crippen LogP contribution < -0.4 is 0 Å². The van der Waals surface area contributed by atoms with Gasteiger partial charge in [0.2, 0.25) is 0 Å². The Labute approximate surface area is 151 Å². The number of carbonyl (C=O) groups excluding carboxylic acids is 1. The Morgan fingerprint density at radius 1 is 1.26 bits per heavy atom. The Balaban J connectivity index is 2.33. The van der Waals surface area contributed by atoms with Crippen LogP contribution in [0.4, 0.5) is 0 Å². The molecule has 0 amide bonds. The second-order valence-corrected chi connectivity index (χ2v) is 8.31. The molecule has 0 aliphatic heterocycles. The van der Waals surface area contributed by atoms with Gasteiger partial charge in [-0.2, -0.15) is 0 Å². The van der Waals surface area contributed by atoms with Gasteiger partial charge in [0, 0.05) is 26.9 Å². The summed E-state index contributed by atoms with van der Waals surface area (Å²) in [4.78, 5) is 15.5. The fourth-order valence-corrected chi connectivity index (χ4v) is 4.75. The van der Waals surface area contributed by atoms with Crippen molar-refractivity contribution in [3.05, 3.63) is 56.4 Å². The molecule has 118 valence electrons. The summed E-state index contributed by atoms with van der Waals surface area (Å²) < 4.78 is 27.4. The van der Waals surface area contributed by atoms with E-state index >= 15 is 0 Å². The molecule has 23 heavy (non-hydrogen) atoms. The Hall–Kier alpha value is -1.45. The maximum absolute atomic E-state index is 12.9. The molecule has 2 heterocycles. The zero-order valence-electron chi connectivity index (χ0n) is 11.8. The first kappa shape index (κ1) is 16.4. The number of rotatable bonds is 3. The van der Waals surface area contributed by atoms with Crippen LogP contribution in [-0.2, 0) is 10.0 Å². The van der Waals surface area contributed by atoms with Crippen molar-refractivity contribution in [3.63, 3.8) is 0 Å². The Morgan fingerprint density at radius 3 is 2.52 bits per heavy atom. The lowest BCUT2D eigenvalue weighted by Gasteiger charge is -2.07. The summed E-state index contributed by atoms with van der Waals surface area (Å²) in [7, 11) is -3.81. The van der Waals surface area contributed by atoms with E-state index in [0.29, 0.717) is 15.2 Å². The van der Waals surface area contributed by atoms with Crippen LogP contribution in [0.1, 0.15) is 15.9 Å². The number of fused-ring (bicyclic) bond motifs is 1. The van der Waals surface area contributed by atoms with Gasteiger partial charge >= 0.3 is 0 Å². The average molecular weight is 461 g/mol. The van der Waals surface area contributed by atoms with Crippen LogP contribution in [-0.4, -0.2) is 23.7 Å². The maximum atomic E-state index is 12.9. The molecule has 3 aromatic rings. The Bertz CT molecular complexity index is 1030. The van der Waals surface area contributed by atoms with Crippen molar-refractivity contribution in [3.8, 4) is 0 Å². The topological polar surface area (TPSA) is 69.0 Å². The second kappa shape index (κ2) is 5.88. The van der Waals surface area contributed by atoms with E-state index in [9.17, 15) is 13.2 Å². The summed E-state index contributed by atoms with van der Waals surface area (Å²) in [6.07, 6.45) is 3.33. The van der Waals surface area contributed by atoms with Crippen molar-refractivity contribution in [2.75, 3.05) is 0 Å². The van der Waals surface area contributed by atoms with Gasteiger partial charge in [-0.1, -0.05) is 29.3 Å². The zero-order chi connectivity index (χ0) is 16.8. The van der Waals surface area contributed by atoms with Gasteiger partial charge in [-0.05, 0) is 41.6 Å². The van der Waals surface area contributed by atoms with Crippen LogP contribution in [0.2, 0.25) is 5.02 Å². The minimum Gasteiger partial charge on any atom is -0.298 e. The summed E-state index contributed by atoms with van der Waals surface area (Å²) in [5.74, 6) is 0. The third-order valence-electron chi connectivity index (χ3n) is 3.42. The molecule has 0 saturated heterocycles. The summed E-state index contributed by atoms with van der Waals surface area (Å²) in [5.41, 5.74) is 1.38. The summed E-state index contributed by atoms with van der Waals surface area (Å²) in [6.45, 7) is 1.88. The number of aryl methyl sites for hydroxylation is 1. The van der Waals surface area contributed by atoms with Gasteiger partial charge in [0.25, 0.3) is 10.0 Å². The number of hydrogen-bond acceptors (Lipinski definition) is 4. The molecule has 0 radical (unpaired) electrons. The standard InChI is InChI=1S/C15H10ClIN2O3S/c1-9-2-4-10(5-3-9)23(21,22)19-7-13(17)14-11(8-20)12(16)6-18-15(14)19/h2-8H,1H3. The van der Waals surface area contributed by atoms with Crippen LogP contribution in [0.5, 0.6) is 0 Å². The molecule has 0 atom stereocenters. The lowest BCUT2D eigenvalue weighted by molar-refractivity contribution is 0.112. The van der Waals surface area contributed by atoms with E-state index in [-0.39, 0.29) is 21.1 Å². The fraction of sp³-hybridized carbons (Fsp3) is 0.0667. The number of carbonyl (C=O) groups is 1. The van der Waals surface area contributed by atoms with Crippen molar-refractivity contribution in [2.45, 2.75) is 11.8 Å².